The monoisotopic (exact) mass is 609 g/mol. The lowest BCUT2D eigenvalue weighted by Crippen LogP contribution is -2.44. The number of aromatic nitrogens is 6. The first-order chi connectivity index (χ1) is 20.3. The van der Waals surface area contributed by atoms with Gasteiger partial charge < -0.3 is 19.9 Å². The molecule has 2 aromatic carbocycles. The van der Waals surface area contributed by atoms with Gasteiger partial charge in [0, 0.05) is 41.0 Å². The molecule has 0 radical (unpaired) electrons. The van der Waals surface area contributed by atoms with Gasteiger partial charge in [-0.1, -0.05) is 35.3 Å². The lowest BCUT2D eigenvalue weighted by atomic mass is 10.1. The van der Waals surface area contributed by atoms with Crippen LogP contribution >= 0.6 is 23.2 Å². The zero-order valence-corrected chi connectivity index (χ0v) is 23.8. The number of nitrogens with one attached hydrogen (secondary N) is 3. The second-order valence-corrected chi connectivity index (χ2v) is 10.1. The number of aromatic amines is 1. The number of halogens is 2. The highest BCUT2D eigenvalue weighted by molar-refractivity contribution is 6.32. The number of carbonyl (C=O) groups excluding carboxylic acids is 3. The van der Waals surface area contributed by atoms with Crippen LogP contribution in [0.2, 0.25) is 10.2 Å². The quantitative estimate of drug-likeness (QED) is 0.240. The van der Waals surface area contributed by atoms with Gasteiger partial charge in [-0.2, -0.15) is 4.68 Å². The Hall–Kier alpha value is -4.75. The number of imidazole rings is 1. The van der Waals surface area contributed by atoms with Crippen molar-refractivity contribution in [2.75, 3.05) is 25.5 Å². The van der Waals surface area contributed by atoms with E-state index in [2.05, 4.69) is 40.9 Å². The van der Waals surface area contributed by atoms with Crippen molar-refractivity contribution in [2.24, 2.45) is 0 Å². The van der Waals surface area contributed by atoms with Crippen LogP contribution < -0.4 is 10.6 Å². The number of tetrazole rings is 1. The van der Waals surface area contributed by atoms with Crippen LogP contribution in [-0.4, -0.2) is 73.2 Å². The molecule has 3 N–H and O–H groups in total. The number of benzene rings is 2. The maximum atomic E-state index is 13.1. The van der Waals surface area contributed by atoms with Gasteiger partial charge in [0.05, 0.1) is 25.3 Å². The lowest BCUT2D eigenvalue weighted by molar-refractivity contribution is -0.135. The number of likely N-dealkylation sites (tertiary alicyclic amines) is 1. The number of carbonyl (C=O) groups is 3. The van der Waals surface area contributed by atoms with Crippen molar-refractivity contribution in [2.45, 2.75) is 18.9 Å². The number of nitrogens with zero attached hydrogens (tertiary/aromatic N) is 6. The fraction of sp³-hybridized carbons (Fsp3) is 0.222. The summed E-state index contributed by atoms with van der Waals surface area (Å²) in [6.45, 7) is 1.34. The molecule has 0 bridgehead atoms. The predicted molar refractivity (Wildman–Crippen MR) is 155 cm³/mol. The fourth-order valence-corrected chi connectivity index (χ4v) is 4.64. The third kappa shape index (κ3) is 6.75. The van der Waals surface area contributed by atoms with Crippen molar-refractivity contribution in [3.05, 3.63) is 76.4 Å². The zero-order chi connectivity index (χ0) is 29.6. The van der Waals surface area contributed by atoms with E-state index in [1.165, 1.54) is 24.2 Å². The van der Waals surface area contributed by atoms with Crippen molar-refractivity contribution >= 4 is 52.9 Å². The van der Waals surface area contributed by atoms with E-state index in [0.29, 0.717) is 52.1 Å². The Kier molecular flexibility index (Phi) is 8.79. The van der Waals surface area contributed by atoms with Gasteiger partial charge in [-0.3, -0.25) is 14.9 Å². The zero-order valence-electron chi connectivity index (χ0n) is 22.3. The Bertz CT molecular complexity index is 1620. The molecule has 0 unspecified atom stereocenters. The second kappa shape index (κ2) is 12.8. The van der Waals surface area contributed by atoms with E-state index in [0.717, 1.165) is 6.42 Å². The number of methoxy groups -OCH3 is 1. The molecular formula is C27H25Cl2N9O4. The van der Waals surface area contributed by atoms with E-state index in [-0.39, 0.29) is 17.5 Å². The average Bonchev–Trinajstić information content (AvgIpc) is 3.61. The normalized spacial score (nSPS) is 13.5. The molecule has 5 rings (SSSR count). The van der Waals surface area contributed by atoms with E-state index in [1.807, 2.05) is 0 Å². The Balaban J connectivity index is 1.37. The van der Waals surface area contributed by atoms with Crippen LogP contribution in [0, 0.1) is 0 Å². The summed E-state index contributed by atoms with van der Waals surface area (Å²) in [5, 5.41) is 17.3. The van der Waals surface area contributed by atoms with Crippen LogP contribution in [0.25, 0.3) is 23.0 Å². The van der Waals surface area contributed by atoms with Gasteiger partial charge in [-0.15, -0.1) is 5.10 Å². The van der Waals surface area contributed by atoms with E-state index >= 15 is 0 Å². The molecule has 0 spiro atoms. The Morgan fingerprint density at radius 1 is 1.14 bits per heavy atom. The molecule has 0 saturated carbocycles. The van der Waals surface area contributed by atoms with Crippen LogP contribution in [-0.2, 0) is 14.3 Å². The Morgan fingerprint density at radius 2 is 1.93 bits per heavy atom. The van der Waals surface area contributed by atoms with Crippen LogP contribution in [0.3, 0.4) is 0 Å². The fourth-order valence-electron chi connectivity index (χ4n) is 4.22. The average molecular weight is 610 g/mol. The summed E-state index contributed by atoms with van der Waals surface area (Å²) >= 11 is 12.7. The standard InChI is InChI=1S/C27H25Cl2N9O4/c1-42-27(41)31-19-7-3-16(4-8-19)24-25(29)34-26(33-24)20(14-23(40)37-11-2-12-37)32-22(39)10-5-17-13-18(28)6-9-21(17)38-15-30-35-36-38/h3-10,13,15,20H,2,11-12,14H2,1H3,(H,31,41)(H,32,39)(H,33,34)/t20-/m0/s1. The molecular weight excluding hydrogens is 585 g/mol. The van der Waals surface area contributed by atoms with Gasteiger partial charge in [0.25, 0.3) is 0 Å². The number of amides is 3. The summed E-state index contributed by atoms with van der Waals surface area (Å²) < 4.78 is 6.06. The SMILES string of the molecule is COC(=O)Nc1ccc(-c2nc([C@H](CC(=O)N3CCC3)NC(=O)C=Cc3cc(Cl)ccc3-n3cnnn3)[nH]c2Cl)cc1. The maximum absolute atomic E-state index is 13.1. The number of H-pyrrole nitrogens is 1. The topological polar surface area (TPSA) is 160 Å². The molecule has 0 aliphatic carbocycles. The van der Waals surface area contributed by atoms with Gasteiger partial charge in [0.2, 0.25) is 11.8 Å². The molecule has 1 aliphatic heterocycles. The first kappa shape index (κ1) is 28.8. The Labute approximate surface area is 249 Å². The minimum absolute atomic E-state index is 0.0160. The van der Waals surface area contributed by atoms with E-state index in [9.17, 15) is 14.4 Å². The highest BCUT2D eigenvalue weighted by atomic mass is 35.5. The molecule has 3 heterocycles. The van der Waals surface area contributed by atoms with E-state index in [4.69, 9.17) is 23.2 Å². The molecule has 216 valence electrons. The Morgan fingerprint density at radius 3 is 2.60 bits per heavy atom. The first-order valence-corrected chi connectivity index (χ1v) is 13.6. The third-order valence-corrected chi connectivity index (χ3v) is 7.01. The minimum Gasteiger partial charge on any atom is -0.453 e. The van der Waals surface area contributed by atoms with E-state index < -0.39 is 18.0 Å². The molecule has 1 fully saturated rings. The van der Waals surface area contributed by atoms with Gasteiger partial charge in [0.1, 0.15) is 23.0 Å². The molecule has 2 aromatic heterocycles. The van der Waals surface area contributed by atoms with Gasteiger partial charge in [0.15, 0.2) is 0 Å². The van der Waals surface area contributed by atoms with Gasteiger partial charge in [-0.25, -0.2) is 9.78 Å². The summed E-state index contributed by atoms with van der Waals surface area (Å²) in [7, 11) is 1.28. The van der Waals surface area contributed by atoms with Crippen molar-refractivity contribution in [1.29, 1.82) is 0 Å². The number of rotatable bonds is 9. The van der Waals surface area contributed by atoms with Crippen molar-refractivity contribution in [1.82, 2.24) is 40.4 Å². The van der Waals surface area contributed by atoms with Crippen LogP contribution in [0.15, 0.2) is 54.9 Å². The maximum Gasteiger partial charge on any atom is 0.411 e. The number of hydrogen-bond donors (Lipinski definition) is 3. The molecule has 15 heteroatoms. The van der Waals surface area contributed by atoms with Crippen LogP contribution in [0.1, 0.15) is 30.3 Å². The van der Waals surface area contributed by atoms with Gasteiger partial charge in [-0.05, 0) is 53.3 Å². The molecule has 1 atom stereocenters. The molecule has 1 saturated heterocycles. The summed E-state index contributed by atoms with van der Waals surface area (Å²) in [6.07, 6.45) is 4.67. The molecule has 42 heavy (non-hydrogen) atoms. The summed E-state index contributed by atoms with van der Waals surface area (Å²) in [4.78, 5) is 46.8. The summed E-state index contributed by atoms with van der Waals surface area (Å²) in [5.41, 5.74) is 2.83. The smallest absolute Gasteiger partial charge is 0.411 e. The number of hydrogen-bond acceptors (Lipinski definition) is 8. The summed E-state index contributed by atoms with van der Waals surface area (Å²) in [5.74, 6) is -0.260. The molecule has 4 aromatic rings. The molecule has 13 nitrogen and oxygen atoms in total. The first-order valence-electron chi connectivity index (χ1n) is 12.8. The largest absolute Gasteiger partial charge is 0.453 e. The van der Waals surface area contributed by atoms with Crippen LogP contribution in [0.5, 0.6) is 0 Å². The van der Waals surface area contributed by atoms with E-state index in [1.54, 1.807) is 53.4 Å². The van der Waals surface area contributed by atoms with Crippen molar-refractivity contribution in [3.8, 4) is 16.9 Å². The highest BCUT2D eigenvalue weighted by Gasteiger charge is 2.27. The predicted octanol–water partition coefficient (Wildman–Crippen LogP) is 4.03. The highest BCUT2D eigenvalue weighted by Crippen LogP contribution is 2.30. The second-order valence-electron chi connectivity index (χ2n) is 9.27. The lowest BCUT2D eigenvalue weighted by Gasteiger charge is -2.32. The third-order valence-electron chi connectivity index (χ3n) is 6.50. The number of ether oxygens (including phenoxy) is 1. The molecule has 3 amide bonds. The van der Waals surface area contributed by atoms with Crippen LogP contribution in [0.4, 0.5) is 10.5 Å². The van der Waals surface area contributed by atoms with Gasteiger partial charge >= 0.3 is 6.09 Å². The number of anilines is 1. The minimum atomic E-state index is -0.792. The van der Waals surface area contributed by atoms with Crippen molar-refractivity contribution < 1.29 is 19.1 Å². The summed E-state index contributed by atoms with van der Waals surface area (Å²) in [6, 6.07) is 11.1. The van der Waals surface area contributed by atoms with Crippen molar-refractivity contribution in [3.63, 3.8) is 0 Å². The molecule has 1 aliphatic rings.